The monoisotopic (exact) mass is 653 g/mol. The largest absolute Gasteiger partial charge is 0.416 e. The molecule has 4 aromatic rings. The van der Waals surface area contributed by atoms with E-state index in [1.165, 1.54) is 17.3 Å². The number of halogens is 3. The van der Waals surface area contributed by atoms with Crippen molar-refractivity contribution in [1.29, 1.82) is 10.5 Å². The third-order valence-electron chi connectivity index (χ3n) is 8.85. The summed E-state index contributed by atoms with van der Waals surface area (Å²) >= 11 is 0. The van der Waals surface area contributed by atoms with Gasteiger partial charge in [-0.05, 0) is 90.9 Å². The first-order chi connectivity index (χ1) is 22.9. The number of piperidine rings is 1. The molecule has 1 fully saturated rings. The first kappa shape index (κ1) is 32.7. The van der Waals surface area contributed by atoms with Gasteiger partial charge in [0.25, 0.3) is 5.91 Å². The Hall–Kier alpha value is -5.27. The number of alkyl halides is 3. The molecular weight excluding hydrogens is 619 g/mol. The minimum atomic E-state index is -4.66. The van der Waals surface area contributed by atoms with Crippen molar-refractivity contribution in [1.82, 2.24) is 24.6 Å². The average molecular weight is 654 g/mol. The maximum absolute atomic E-state index is 14.5. The fraction of sp³-hybridized carbons (Fsp3) is 0.371. The van der Waals surface area contributed by atoms with Crippen LogP contribution < -0.4 is 10.2 Å². The summed E-state index contributed by atoms with van der Waals surface area (Å²) in [4.78, 5) is 22.1. The molecular formula is C35H34F3N9O. The van der Waals surface area contributed by atoms with Crippen molar-refractivity contribution in [2.45, 2.75) is 58.4 Å². The molecule has 0 spiro atoms. The molecule has 0 aliphatic carbocycles. The fourth-order valence-corrected chi connectivity index (χ4v) is 6.59. The Labute approximate surface area is 276 Å². The number of likely N-dealkylation sites (tertiary alicyclic amines) is 1. The number of nitrogens with one attached hydrogen (secondary N) is 1. The molecule has 0 radical (unpaired) electrons. The smallest absolute Gasteiger partial charge is 0.366 e. The van der Waals surface area contributed by atoms with Gasteiger partial charge in [0.15, 0.2) is 5.82 Å². The van der Waals surface area contributed by atoms with Crippen LogP contribution in [0.3, 0.4) is 0 Å². The van der Waals surface area contributed by atoms with Gasteiger partial charge in [-0.15, -0.1) is 10.2 Å². The molecule has 10 nitrogen and oxygen atoms in total. The lowest BCUT2D eigenvalue weighted by molar-refractivity contribution is -0.138. The number of carbonyl (C=O) groups excluding carboxylic acids is 1. The molecule has 1 N–H and O–H groups in total. The van der Waals surface area contributed by atoms with Crippen molar-refractivity contribution >= 4 is 17.5 Å². The number of hydrogen-bond donors (Lipinski definition) is 1. The van der Waals surface area contributed by atoms with E-state index in [0.717, 1.165) is 25.9 Å². The summed E-state index contributed by atoms with van der Waals surface area (Å²) < 4.78 is 45.3. The van der Waals surface area contributed by atoms with E-state index in [1.54, 1.807) is 54.9 Å². The molecule has 1 amide bonds. The first-order valence-electron chi connectivity index (χ1n) is 15.8. The molecule has 2 aromatic carbocycles. The van der Waals surface area contributed by atoms with Gasteiger partial charge < -0.3 is 9.88 Å². The minimum Gasteiger partial charge on any atom is -0.366 e. The Balaban J connectivity index is 1.45. The Morgan fingerprint density at radius 1 is 1.10 bits per heavy atom. The van der Waals surface area contributed by atoms with E-state index in [1.807, 2.05) is 0 Å². The van der Waals surface area contributed by atoms with Crippen molar-refractivity contribution in [2.75, 3.05) is 23.3 Å². The van der Waals surface area contributed by atoms with E-state index < -0.39 is 17.6 Å². The molecule has 2 atom stereocenters. The summed E-state index contributed by atoms with van der Waals surface area (Å²) in [5, 5.41) is 30.3. The van der Waals surface area contributed by atoms with Gasteiger partial charge in [0, 0.05) is 37.3 Å². The van der Waals surface area contributed by atoms with E-state index in [2.05, 4.69) is 44.5 Å². The fourth-order valence-electron chi connectivity index (χ4n) is 6.59. The van der Waals surface area contributed by atoms with Crippen LogP contribution in [-0.2, 0) is 26.3 Å². The molecule has 0 unspecified atom stereocenters. The molecule has 1 saturated heterocycles. The van der Waals surface area contributed by atoms with Gasteiger partial charge in [-0.3, -0.25) is 14.6 Å². The lowest BCUT2D eigenvalue weighted by Crippen LogP contribution is -2.33. The van der Waals surface area contributed by atoms with E-state index >= 15 is 0 Å². The van der Waals surface area contributed by atoms with Crippen molar-refractivity contribution in [3.05, 3.63) is 76.6 Å². The van der Waals surface area contributed by atoms with Crippen LogP contribution >= 0.6 is 0 Å². The molecule has 0 saturated carbocycles. The summed E-state index contributed by atoms with van der Waals surface area (Å²) in [5.41, 5.74) is 1.77. The molecule has 6 rings (SSSR count). The molecule has 2 aliphatic rings. The number of benzene rings is 2. The highest BCUT2D eigenvalue weighted by molar-refractivity contribution is 6.10. The normalized spacial score (nSPS) is 17.1. The second-order valence-corrected chi connectivity index (χ2v) is 12.7. The summed E-state index contributed by atoms with van der Waals surface area (Å²) in [5.74, 6) is 0.849. The van der Waals surface area contributed by atoms with Crippen molar-refractivity contribution in [2.24, 2.45) is 13.0 Å². The second-order valence-electron chi connectivity index (χ2n) is 12.7. The van der Waals surface area contributed by atoms with E-state index in [0.29, 0.717) is 51.9 Å². The Morgan fingerprint density at radius 3 is 2.60 bits per heavy atom. The number of carbonyl (C=O) groups is 1. The van der Waals surface area contributed by atoms with Crippen LogP contribution in [0, 0.1) is 28.6 Å². The van der Waals surface area contributed by atoms with Crippen LogP contribution in [-0.4, -0.2) is 49.7 Å². The zero-order valence-electron chi connectivity index (χ0n) is 26.8. The third kappa shape index (κ3) is 6.60. The first-order valence-corrected chi connectivity index (χ1v) is 15.8. The zero-order valence-corrected chi connectivity index (χ0v) is 26.8. The van der Waals surface area contributed by atoms with Gasteiger partial charge in [0.2, 0.25) is 0 Å². The Kier molecular flexibility index (Phi) is 8.91. The van der Waals surface area contributed by atoms with Gasteiger partial charge in [0.1, 0.15) is 18.0 Å². The Morgan fingerprint density at radius 2 is 1.92 bits per heavy atom. The Bertz CT molecular complexity index is 1960. The van der Waals surface area contributed by atoms with Crippen molar-refractivity contribution in [3.63, 3.8) is 0 Å². The molecule has 48 heavy (non-hydrogen) atoms. The molecule has 2 aliphatic heterocycles. The number of aryl methyl sites for hydroxylation is 1. The van der Waals surface area contributed by atoms with Crippen LogP contribution in [0.25, 0.3) is 22.5 Å². The predicted molar refractivity (Wildman–Crippen MR) is 173 cm³/mol. The number of nitriles is 2. The van der Waals surface area contributed by atoms with E-state index in [4.69, 9.17) is 0 Å². The van der Waals surface area contributed by atoms with Crippen LogP contribution in [0.2, 0.25) is 0 Å². The maximum Gasteiger partial charge on any atom is 0.416 e. The van der Waals surface area contributed by atoms with Crippen LogP contribution in [0.15, 0.2) is 48.8 Å². The van der Waals surface area contributed by atoms with E-state index in [-0.39, 0.29) is 36.0 Å². The zero-order chi connectivity index (χ0) is 34.2. The van der Waals surface area contributed by atoms with E-state index in [9.17, 15) is 28.5 Å². The number of fused-ring (bicyclic) bond motifs is 1. The number of aromatic nitrogens is 4. The van der Waals surface area contributed by atoms with Gasteiger partial charge in [-0.2, -0.15) is 23.7 Å². The van der Waals surface area contributed by atoms with Gasteiger partial charge in [-0.25, -0.2) is 4.98 Å². The van der Waals surface area contributed by atoms with Gasteiger partial charge in [0.05, 0.1) is 36.2 Å². The SMILES string of the molecule is C[C@H]1CCCN(Cc2cc3c(c(C(F)(F)F)c2)CN(c2cc(-c4ccc(C#N)cc4-c4nncn4C)cc(N[C@H](C)CC#N)n2)C3=O)C1. The van der Waals surface area contributed by atoms with Crippen LogP contribution in [0.5, 0.6) is 0 Å². The lowest BCUT2D eigenvalue weighted by atomic mass is 9.96. The summed E-state index contributed by atoms with van der Waals surface area (Å²) in [6.45, 7) is 5.55. The highest BCUT2D eigenvalue weighted by Gasteiger charge is 2.41. The topological polar surface area (TPSA) is 127 Å². The summed E-state index contributed by atoms with van der Waals surface area (Å²) in [7, 11) is 1.77. The number of anilines is 2. The quantitative estimate of drug-likeness (QED) is 0.227. The predicted octanol–water partition coefficient (Wildman–Crippen LogP) is 6.54. The third-order valence-corrected chi connectivity index (χ3v) is 8.85. The van der Waals surface area contributed by atoms with Crippen LogP contribution in [0.1, 0.15) is 65.7 Å². The average Bonchev–Trinajstić information content (AvgIpc) is 3.62. The highest BCUT2D eigenvalue weighted by atomic mass is 19.4. The maximum atomic E-state index is 14.5. The van der Waals surface area contributed by atoms with Crippen molar-refractivity contribution in [3.8, 4) is 34.7 Å². The second kappa shape index (κ2) is 13.1. The van der Waals surface area contributed by atoms with Gasteiger partial charge in [-0.1, -0.05) is 13.0 Å². The number of amides is 1. The van der Waals surface area contributed by atoms with Crippen molar-refractivity contribution < 1.29 is 18.0 Å². The number of rotatable bonds is 8. The highest BCUT2D eigenvalue weighted by Crippen LogP contribution is 2.41. The standard InChI is InChI=1S/C35H34F3N9O/c1-21-5-4-10-46(17-21)18-24-12-28-29(30(13-24)35(36,37)38)19-47(34(28)48)32-15-25(14-31(43-32)42-22(2)8-9-39)26-7-6-23(16-40)11-27(26)33-44-41-20-45(33)3/h6-7,11-15,20-22H,4-5,8,10,17-19H2,1-3H3,(H,42,43)/t21-,22+/m0/s1. The minimum absolute atomic E-state index is 0.0163. The molecule has 2 aromatic heterocycles. The summed E-state index contributed by atoms with van der Waals surface area (Å²) in [6.07, 6.45) is -0.889. The number of hydrogen-bond acceptors (Lipinski definition) is 8. The molecule has 13 heteroatoms. The summed E-state index contributed by atoms with van der Waals surface area (Å²) in [6, 6.07) is 15.2. The van der Waals surface area contributed by atoms with Crippen LogP contribution in [0.4, 0.5) is 24.8 Å². The van der Waals surface area contributed by atoms with Gasteiger partial charge >= 0.3 is 6.18 Å². The molecule has 0 bridgehead atoms. The number of pyridine rings is 1. The number of nitrogens with zero attached hydrogens (tertiary/aromatic N) is 8. The lowest BCUT2D eigenvalue weighted by Gasteiger charge is -2.31. The molecule has 246 valence electrons. The molecule has 4 heterocycles.